The molecule has 1 rings (SSSR count). The van der Waals surface area contributed by atoms with Crippen molar-refractivity contribution in [1.82, 2.24) is 5.32 Å². The summed E-state index contributed by atoms with van der Waals surface area (Å²) in [5.74, 6) is 0.0410. The first kappa shape index (κ1) is 10.3. The maximum absolute atomic E-state index is 10.9. The Balaban J connectivity index is 2.53. The van der Waals surface area contributed by atoms with Gasteiger partial charge in [0.2, 0.25) is 5.91 Å². The maximum atomic E-state index is 10.9. The highest BCUT2D eigenvalue weighted by Gasteiger charge is 1.97. The molecule has 0 atom stereocenters. The zero-order valence-electron chi connectivity index (χ0n) is 8.08. The van der Waals surface area contributed by atoms with Crippen molar-refractivity contribution in [1.29, 1.82) is 0 Å². The molecule has 3 nitrogen and oxygen atoms in total. The summed E-state index contributed by atoms with van der Waals surface area (Å²) in [6.45, 7) is 9.12. The Kier molecular flexibility index (Phi) is 3.69. The van der Waals surface area contributed by atoms with Crippen molar-refractivity contribution in [2.75, 3.05) is 0 Å². The summed E-state index contributed by atoms with van der Waals surface area (Å²) in [5, 5.41) is 2.77. The van der Waals surface area contributed by atoms with Crippen LogP contribution >= 0.6 is 0 Å². The van der Waals surface area contributed by atoms with Gasteiger partial charge in [-0.1, -0.05) is 31.2 Å². The number of amides is 1. The van der Waals surface area contributed by atoms with Crippen LogP contribution in [0.1, 0.15) is 18.9 Å². The molecule has 0 aliphatic rings. The van der Waals surface area contributed by atoms with E-state index in [-0.39, 0.29) is 5.91 Å². The van der Waals surface area contributed by atoms with Crippen molar-refractivity contribution >= 4 is 11.6 Å². The second-order valence-electron chi connectivity index (χ2n) is 2.91. The number of carbonyl (C=O) groups excluding carboxylic acids is 1. The van der Waals surface area contributed by atoms with E-state index in [4.69, 9.17) is 6.57 Å². The van der Waals surface area contributed by atoms with Gasteiger partial charge in [-0.25, -0.2) is 4.85 Å². The lowest BCUT2D eigenvalue weighted by atomic mass is 10.2. The van der Waals surface area contributed by atoms with Gasteiger partial charge in [-0.15, -0.1) is 0 Å². The van der Waals surface area contributed by atoms with Crippen LogP contribution in [-0.2, 0) is 11.3 Å². The van der Waals surface area contributed by atoms with E-state index in [2.05, 4.69) is 10.2 Å². The monoisotopic (exact) mass is 188 g/mol. The molecule has 72 valence electrons. The summed E-state index contributed by atoms with van der Waals surface area (Å²) < 4.78 is 0. The van der Waals surface area contributed by atoms with Crippen molar-refractivity contribution < 1.29 is 4.79 Å². The van der Waals surface area contributed by atoms with Crippen LogP contribution in [0.3, 0.4) is 0 Å². The average Bonchev–Trinajstić information content (AvgIpc) is 2.26. The summed E-state index contributed by atoms with van der Waals surface area (Å²) >= 11 is 0. The van der Waals surface area contributed by atoms with Crippen LogP contribution in [0.25, 0.3) is 4.85 Å². The molecule has 0 bridgehead atoms. The standard InChI is InChI=1S/C11H12N2O/c1-3-11(14)13-8-9-4-6-10(12-2)7-5-9/h4-7H,3,8H2,1H3,(H,13,14). The second kappa shape index (κ2) is 5.03. The van der Waals surface area contributed by atoms with E-state index in [1.54, 1.807) is 12.1 Å². The molecule has 1 aromatic carbocycles. The van der Waals surface area contributed by atoms with Gasteiger partial charge in [-0.2, -0.15) is 0 Å². The van der Waals surface area contributed by atoms with E-state index in [0.29, 0.717) is 18.7 Å². The van der Waals surface area contributed by atoms with Gasteiger partial charge in [-0.3, -0.25) is 4.79 Å². The minimum absolute atomic E-state index is 0.0410. The lowest BCUT2D eigenvalue weighted by molar-refractivity contribution is -0.120. The number of hydrogen-bond donors (Lipinski definition) is 1. The van der Waals surface area contributed by atoms with Crippen LogP contribution in [0.15, 0.2) is 24.3 Å². The van der Waals surface area contributed by atoms with Gasteiger partial charge in [0.1, 0.15) is 0 Å². The predicted octanol–water partition coefficient (Wildman–Crippen LogP) is 2.26. The Morgan fingerprint density at radius 2 is 2.07 bits per heavy atom. The Morgan fingerprint density at radius 1 is 1.43 bits per heavy atom. The highest BCUT2D eigenvalue weighted by Crippen LogP contribution is 2.12. The molecule has 14 heavy (non-hydrogen) atoms. The molecular formula is C11H12N2O. The predicted molar refractivity (Wildman–Crippen MR) is 54.8 cm³/mol. The topological polar surface area (TPSA) is 33.5 Å². The summed E-state index contributed by atoms with van der Waals surface area (Å²) in [6, 6.07) is 7.20. The van der Waals surface area contributed by atoms with Crippen LogP contribution in [0.2, 0.25) is 0 Å². The number of carbonyl (C=O) groups is 1. The SMILES string of the molecule is [C-]#[N+]c1ccc(CNC(=O)CC)cc1. The van der Waals surface area contributed by atoms with Crippen LogP contribution in [0, 0.1) is 6.57 Å². The molecule has 1 aromatic rings. The molecule has 0 heterocycles. The van der Waals surface area contributed by atoms with E-state index < -0.39 is 0 Å². The number of nitrogens with zero attached hydrogens (tertiary/aromatic N) is 1. The molecule has 1 amide bonds. The molecule has 0 radical (unpaired) electrons. The minimum atomic E-state index is 0.0410. The van der Waals surface area contributed by atoms with E-state index in [1.165, 1.54) is 0 Å². The molecule has 0 aliphatic carbocycles. The Bertz CT molecular complexity index is 349. The first-order chi connectivity index (χ1) is 6.76. The number of hydrogen-bond acceptors (Lipinski definition) is 1. The highest BCUT2D eigenvalue weighted by molar-refractivity contribution is 5.75. The number of benzene rings is 1. The zero-order valence-corrected chi connectivity index (χ0v) is 8.08. The number of nitrogens with one attached hydrogen (secondary N) is 1. The number of rotatable bonds is 3. The largest absolute Gasteiger partial charge is 0.352 e. The lowest BCUT2D eigenvalue weighted by Crippen LogP contribution is -2.21. The molecule has 0 aromatic heterocycles. The molecular weight excluding hydrogens is 176 g/mol. The van der Waals surface area contributed by atoms with Crippen LogP contribution in [-0.4, -0.2) is 5.91 Å². The third kappa shape index (κ3) is 2.91. The molecule has 0 saturated carbocycles. The van der Waals surface area contributed by atoms with E-state index in [1.807, 2.05) is 19.1 Å². The highest BCUT2D eigenvalue weighted by atomic mass is 16.1. The third-order valence-electron chi connectivity index (χ3n) is 1.88. The summed E-state index contributed by atoms with van der Waals surface area (Å²) in [4.78, 5) is 14.2. The van der Waals surface area contributed by atoms with Gasteiger partial charge in [0.05, 0.1) is 6.57 Å². The molecule has 3 heteroatoms. The molecule has 0 fully saturated rings. The Labute approximate surface area is 83.6 Å². The van der Waals surface area contributed by atoms with Gasteiger partial charge < -0.3 is 5.32 Å². The molecule has 0 spiro atoms. The molecule has 0 saturated heterocycles. The van der Waals surface area contributed by atoms with Crippen LogP contribution in [0.4, 0.5) is 5.69 Å². The third-order valence-corrected chi connectivity index (χ3v) is 1.88. The van der Waals surface area contributed by atoms with E-state index in [0.717, 1.165) is 5.56 Å². The fraction of sp³-hybridized carbons (Fsp3) is 0.273. The van der Waals surface area contributed by atoms with Crippen molar-refractivity contribution in [3.05, 3.63) is 41.2 Å². The van der Waals surface area contributed by atoms with Gasteiger partial charge in [0.15, 0.2) is 5.69 Å². The Hall–Kier alpha value is -1.82. The van der Waals surface area contributed by atoms with Gasteiger partial charge in [-0.05, 0) is 5.56 Å². The summed E-state index contributed by atoms with van der Waals surface area (Å²) in [7, 11) is 0. The quantitative estimate of drug-likeness (QED) is 0.725. The Morgan fingerprint density at radius 3 is 2.57 bits per heavy atom. The van der Waals surface area contributed by atoms with Crippen LogP contribution < -0.4 is 5.32 Å². The normalized spacial score (nSPS) is 9.14. The fourth-order valence-corrected chi connectivity index (χ4v) is 1.01. The first-order valence-electron chi connectivity index (χ1n) is 4.49. The van der Waals surface area contributed by atoms with Crippen molar-refractivity contribution in [3.63, 3.8) is 0 Å². The first-order valence-corrected chi connectivity index (χ1v) is 4.49. The van der Waals surface area contributed by atoms with Crippen LogP contribution in [0.5, 0.6) is 0 Å². The summed E-state index contributed by atoms with van der Waals surface area (Å²) in [6.07, 6.45) is 0.500. The molecule has 0 aliphatic heterocycles. The van der Waals surface area contributed by atoms with Crippen molar-refractivity contribution in [2.24, 2.45) is 0 Å². The molecule has 1 N–H and O–H groups in total. The van der Waals surface area contributed by atoms with Crippen molar-refractivity contribution in [2.45, 2.75) is 19.9 Å². The zero-order chi connectivity index (χ0) is 10.4. The van der Waals surface area contributed by atoms with E-state index >= 15 is 0 Å². The van der Waals surface area contributed by atoms with Gasteiger partial charge in [0, 0.05) is 13.0 Å². The lowest BCUT2D eigenvalue weighted by Gasteiger charge is -2.03. The minimum Gasteiger partial charge on any atom is -0.352 e. The summed E-state index contributed by atoms with van der Waals surface area (Å²) in [5.41, 5.74) is 1.63. The van der Waals surface area contributed by atoms with Gasteiger partial charge >= 0.3 is 0 Å². The smallest absolute Gasteiger partial charge is 0.219 e. The fourth-order valence-electron chi connectivity index (χ4n) is 1.01. The van der Waals surface area contributed by atoms with Crippen molar-refractivity contribution in [3.8, 4) is 0 Å². The second-order valence-corrected chi connectivity index (χ2v) is 2.91. The van der Waals surface area contributed by atoms with Gasteiger partial charge in [0.25, 0.3) is 0 Å². The molecule has 0 unspecified atom stereocenters. The van der Waals surface area contributed by atoms with E-state index in [9.17, 15) is 4.79 Å². The maximum Gasteiger partial charge on any atom is 0.219 e. The average molecular weight is 188 g/mol.